The molecule has 1 amide bonds. The molecule has 11 nitrogen and oxygen atoms in total. The normalized spacial score (nSPS) is 15.6. The van der Waals surface area contributed by atoms with E-state index in [0.717, 1.165) is 24.6 Å². The number of benzene rings is 2. The molecule has 12 heteroatoms. The Labute approximate surface area is 198 Å². The van der Waals surface area contributed by atoms with Crippen LogP contribution in [0.3, 0.4) is 0 Å². The van der Waals surface area contributed by atoms with Crippen LogP contribution >= 0.6 is 11.8 Å². The summed E-state index contributed by atoms with van der Waals surface area (Å²) in [5.74, 6) is -0.554. The third kappa shape index (κ3) is 5.45. The minimum atomic E-state index is -0.554. The first-order chi connectivity index (χ1) is 16.5. The van der Waals surface area contributed by atoms with Gasteiger partial charge in [-0.15, -0.1) is 5.10 Å². The Morgan fingerprint density at radius 1 is 1.35 bits per heavy atom. The minimum absolute atomic E-state index is 0.0614. The van der Waals surface area contributed by atoms with E-state index in [4.69, 9.17) is 4.74 Å². The third-order valence-corrected chi connectivity index (χ3v) is 6.02. The number of nitrogens with zero attached hydrogens (tertiary/aromatic N) is 6. The van der Waals surface area contributed by atoms with E-state index in [2.05, 4.69) is 20.8 Å². The molecular weight excluding hydrogens is 458 g/mol. The molecule has 0 saturated carbocycles. The van der Waals surface area contributed by atoms with Crippen LogP contribution in [0.4, 0.5) is 5.69 Å². The summed E-state index contributed by atoms with van der Waals surface area (Å²) in [7, 11) is 0. The second-order valence-electron chi connectivity index (χ2n) is 7.31. The first-order valence-corrected chi connectivity index (χ1v) is 11.2. The van der Waals surface area contributed by atoms with Crippen molar-refractivity contribution in [3.05, 3.63) is 69.8 Å². The monoisotopic (exact) mass is 477 g/mol. The van der Waals surface area contributed by atoms with Gasteiger partial charge < -0.3 is 10.1 Å². The lowest BCUT2D eigenvalue weighted by molar-refractivity contribution is -0.387. The lowest BCUT2D eigenvalue weighted by Crippen LogP contribution is -2.32. The Kier molecular flexibility index (Phi) is 7.26. The van der Waals surface area contributed by atoms with Crippen LogP contribution in [-0.4, -0.2) is 50.3 Å². The predicted octanol–water partition coefficient (Wildman–Crippen LogP) is 2.92. The van der Waals surface area contributed by atoms with Crippen LogP contribution in [0.1, 0.15) is 18.4 Å². The second-order valence-corrected chi connectivity index (χ2v) is 8.32. The maximum Gasteiger partial charge on any atom is 0.283 e. The van der Waals surface area contributed by atoms with Crippen molar-refractivity contribution in [3.8, 4) is 11.8 Å². The number of nitro groups is 1. The molecule has 2 aromatic carbocycles. The zero-order valence-electron chi connectivity index (χ0n) is 17.8. The van der Waals surface area contributed by atoms with Gasteiger partial charge in [0.25, 0.3) is 11.6 Å². The summed E-state index contributed by atoms with van der Waals surface area (Å²) < 4.78 is 6.94. The van der Waals surface area contributed by atoms with Crippen LogP contribution in [0.2, 0.25) is 0 Å². The topological polar surface area (TPSA) is 149 Å². The van der Waals surface area contributed by atoms with Gasteiger partial charge in [0, 0.05) is 19.2 Å². The first kappa shape index (κ1) is 23.1. The number of para-hydroxylation sites is 1. The fourth-order valence-electron chi connectivity index (χ4n) is 3.35. The number of ether oxygens (including phenoxy) is 1. The van der Waals surface area contributed by atoms with E-state index in [1.54, 1.807) is 6.07 Å². The van der Waals surface area contributed by atoms with E-state index in [1.165, 1.54) is 22.9 Å². The molecule has 34 heavy (non-hydrogen) atoms. The van der Waals surface area contributed by atoms with Crippen molar-refractivity contribution in [2.24, 2.45) is 0 Å². The quantitative estimate of drug-likeness (QED) is 0.224. The lowest BCUT2D eigenvalue weighted by atomic mass is 10.1. The molecule has 0 bridgehead atoms. The standard InChI is InChI=1S/C22H19N7O4S/c23-13-16(21(30)24-14-18-7-4-10-33-18)11-15-8-9-20(19(12-15)29(31)32)34-22-25-26-27-28(22)17-5-2-1-3-6-17/h1-3,5-6,8-9,11-12,18H,4,7,10,14H2,(H,24,30)/b16-11+/t18-/m1/s1. The van der Waals surface area contributed by atoms with E-state index in [1.807, 2.05) is 36.4 Å². The summed E-state index contributed by atoms with van der Waals surface area (Å²) in [5.41, 5.74) is 0.714. The van der Waals surface area contributed by atoms with Gasteiger partial charge in [-0.25, -0.2) is 0 Å². The zero-order chi connectivity index (χ0) is 23.9. The van der Waals surface area contributed by atoms with Crippen LogP contribution in [0.15, 0.2) is 64.2 Å². The highest BCUT2D eigenvalue weighted by Crippen LogP contribution is 2.35. The minimum Gasteiger partial charge on any atom is -0.376 e. The summed E-state index contributed by atoms with van der Waals surface area (Å²) in [4.78, 5) is 23.9. The number of nitriles is 1. The molecule has 1 fully saturated rings. The molecule has 3 aromatic rings. The van der Waals surface area contributed by atoms with Gasteiger partial charge in [-0.1, -0.05) is 24.3 Å². The SMILES string of the molecule is N#C/C(=C\c1ccc(Sc2nnnn2-c2ccccc2)c([N+](=O)[O-])c1)C(=O)NC[C@H]1CCCO1. The number of nitrogens with one attached hydrogen (secondary N) is 1. The number of carbonyl (C=O) groups is 1. The maximum atomic E-state index is 12.4. The largest absolute Gasteiger partial charge is 0.376 e. The highest BCUT2D eigenvalue weighted by Gasteiger charge is 2.21. The number of amides is 1. The van der Waals surface area contributed by atoms with Gasteiger partial charge in [0.15, 0.2) is 0 Å². The van der Waals surface area contributed by atoms with Crippen LogP contribution in [0.25, 0.3) is 11.8 Å². The summed E-state index contributed by atoms with van der Waals surface area (Å²) in [6.07, 6.45) is 3.05. The molecule has 2 heterocycles. The van der Waals surface area contributed by atoms with Gasteiger partial charge in [0.05, 0.1) is 21.6 Å². The number of carbonyl (C=O) groups excluding carboxylic acids is 1. The number of tetrazole rings is 1. The highest BCUT2D eigenvalue weighted by molar-refractivity contribution is 7.99. The average molecular weight is 478 g/mol. The molecule has 1 saturated heterocycles. The number of hydrogen-bond acceptors (Lipinski definition) is 9. The predicted molar refractivity (Wildman–Crippen MR) is 122 cm³/mol. The summed E-state index contributed by atoms with van der Waals surface area (Å²) in [5, 5.41) is 35.8. The van der Waals surface area contributed by atoms with Crippen molar-refractivity contribution < 1.29 is 14.5 Å². The first-order valence-electron chi connectivity index (χ1n) is 10.4. The smallest absolute Gasteiger partial charge is 0.283 e. The lowest BCUT2D eigenvalue weighted by Gasteiger charge is -2.10. The van der Waals surface area contributed by atoms with E-state index in [-0.39, 0.29) is 17.4 Å². The summed E-state index contributed by atoms with van der Waals surface area (Å²) in [6, 6.07) is 15.4. The van der Waals surface area contributed by atoms with E-state index < -0.39 is 10.8 Å². The fourth-order valence-corrected chi connectivity index (χ4v) is 4.22. The molecule has 0 spiro atoms. The Morgan fingerprint density at radius 2 is 2.18 bits per heavy atom. The maximum absolute atomic E-state index is 12.4. The Balaban J connectivity index is 1.55. The van der Waals surface area contributed by atoms with Crippen LogP contribution < -0.4 is 5.32 Å². The van der Waals surface area contributed by atoms with Crippen LogP contribution in [0.5, 0.6) is 0 Å². The van der Waals surface area contributed by atoms with Gasteiger partial charge in [-0.3, -0.25) is 14.9 Å². The van der Waals surface area contributed by atoms with Crippen molar-refractivity contribution in [1.29, 1.82) is 5.26 Å². The number of rotatable bonds is 8. The molecule has 1 N–H and O–H groups in total. The van der Waals surface area contributed by atoms with Gasteiger partial charge in [0.2, 0.25) is 5.16 Å². The number of aromatic nitrogens is 4. The van der Waals surface area contributed by atoms with Gasteiger partial charge in [-0.05, 0) is 64.9 Å². The molecule has 172 valence electrons. The van der Waals surface area contributed by atoms with Crippen molar-refractivity contribution in [3.63, 3.8) is 0 Å². The Hall–Kier alpha value is -4.08. The fraction of sp³-hybridized carbons (Fsp3) is 0.227. The van der Waals surface area contributed by atoms with Crippen LogP contribution in [-0.2, 0) is 9.53 Å². The van der Waals surface area contributed by atoms with E-state index in [0.29, 0.717) is 34.5 Å². The molecule has 1 atom stereocenters. The van der Waals surface area contributed by atoms with Gasteiger partial charge in [-0.2, -0.15) is 9.94 Å². The molecule has 0 aliphatic carbocycles. The molecule has 1 aliphatic rings. The van der Waals surface area contributed by atoms with Gasteiger partial charge >= 0.3 is 0 Å². The Bertz CT molecular complexity index is 1260. The van der Waals surface area contributed by atoms with Crippen molar-refractivity contribution in [2.75, 3.05) is 13.2 Å². The molecule has 0 radical (unpaired) electrons. The molecule has 4 rings (SSSR count). The third-order valence-electron chi connectivity index (χ3n) is 5.01. The molecular formula is C22H19N7O4S. The summed E-state index contributed by atoms with van der Waals surface area (Å²) in [6.45, 7) is 0.969. The van der Waals surface area contributed by atoms with E-state index >= 15 is 0 Å². The van der Waals surface area contributed by atoms with Crippen molar-refractivity contribution in [1.82, 2.24) is 25.5 Å². The average Bonchev–Trinajstić information content (AvgIpc) is 3.54. The zero-order valence-corrected chi connectivity index (χ0v) is 18.6. The molecule has 0 unspecified atom stereocenters. The molecule has 1 aromatic heterocycles. The number of nitro benzene ring substituents is 1. The Morgan fingerprint density at radius 3 is 2.88 bits per heavy atom. The number of hydrogen-bond donors (Lipinski definition) is 1. The van der Waals surface area contributed by atoms with Crippen molar-refractivity contribution in [2.45, 2.75) is 29.0 Å². The molecule has 1 aliphatic heterocycles. The second kappa shape index (κ2) is 10.7. The highest BCUT2D eigenvalue weighted by atomic mass is 32.2. The van der Waals surface area contributed by atoms with Crippen molar-refractivity contribution >= 4 is 29.4 Å². The van der Waals surface area contributed by atoms with Gasteiger partial charge in [0.1, 0.15) is 11.6 Å². The summed E-state index contributed by atoms with van der Waals surface area (Å²) >= 11 is 1.04. The van der Waals surface area contributed by atoms with Crippen LogP contribution in [0, 0.1) is 21.4 Å². The van der Waals surface area contributed by atoms with E-state index in [9.17, 15) is 20.2 Å².